The van der Waals surface area contributed by atoms with Crippen molar-refractivity contribution in [3.05, 3.63) is 75.7 Å². The Morgan fingerprint density at radius 3 is 2.80 bits per heavy atom. The Morgan fingerprint density at radius 2 is 2.03 bits per heavy atom. The van der Waals surface area contributed by atoms with Crippen LogP contribution in [0.4, 0.5) is 5.69 Å². The van der Waals surface area contributed by atoms with Crippen molar-refractivity contribution in [2.75, 3.05) is 5.32 Å². The Bertz CT molecular complexity index is 1300. The van der Waals surface area contributed by atoms with Crippen molar-refractivity contribution in [2.24, 2.45) is 0 Å². The van der Waals surface area contributed by atoms with Gasteiger partial charge in [0.2, 0.25) is 5.91 Å². The van der Waals surface area contributed by atoms with Crippen LogP contribution in [-0.4, -0.2) is 30.9 Å². The summed E-state index contributed by atoms with van der Waals surface area (Å²) in [6, 6.07) is 14.7. The van der Waals surface area contributed by atoms with Gasteiger partial charge in [0.15, 0.2) is 10.8 Å². The van der Waals surface area contributed by atoms with E-state index < -0.39 is 5.25 Å². The van der Waals surface area contributed by atoms with Gasteiger partial charge in [0.25, 0.3) is 5.56 Å². The normalized spacial score (nSPS) is 12.1. The molecule has 2 aromatic carbocycles. The SMILES string of the molecule is Cc1cccc(NC(=O)[C@@H](C)Sc2nc3c(cnn3-c3cccc(Cl)c3)c(=O)[nH]2)c1. The highest BCUT2D eigenvalue weighted by Crippen LogP contribution is 2.23. The van der Waals surface area contributed by atoms with Gasteiger partial charge in [0, 0.05) is 10.7 Å². The minimum atomic E-state index is -0.478. The van der Waals surface area contributed by atoms with Crippen LogP contribution in [-0.2, 0) is 4.79 Å². The van der Waals surface area contributed by atoms with Crippen molar-refractivity contribution in [1.29, 1.82) is 0 Å². The standard InChI is InChI=1S/C21H18ClN5O2S/c1-12-5-3-7-15(9-12)24-19(28)13(2)30-21-25-18-17(20(29)26-21)11-23-27(18)16-8-4-6-14(22)10-16/h3-11,13H,1-2H3,(H,24,28)(H,25,26,29)/t13-/m1/s1. The summed E-state index contributed by atoms with van der Waals surface area (Å²) in [5.74, 6) is -0.184. The monoisotopic (exact) mass is 439 g/mol. The lowest BCUT2D eigenvalue weighted by molar-refractivity contribution is -0.115. The van der Waals surface area contributed by atoms with E-state index >= 15 is 0 Å². The van der Waals surface area contributed by atoms with Gasteiger partial charge in [0.1, 0.15) is 5.39 Å². The molecule has 30 heavy (non-hydrogen) atoms. The number of anilines is 1. The first-order valence-corrected chi connectivity index (χ1v) is 10.4. The molecule has 0 aliphatic rings. The first-order chi connectivity index (χ1) is 14.4. The smallest absolute Gasteiger partial charge is 0.262 e. The predicted molar refractivity (Wildman–Crippen MR) is 120 cm³/mol. The number of H-pyrrole nitrogens is 1. The fourth-order valence-electron chi connectivity index (χ4n) is 2.94. The molecule has 0 saturated carbocycles. The molecular formula is C21H18ClN5O2S. The van der Waals surface area contributed by atoms with Gasteiger partial charge >= 0.3 is 0 Å². The van der Waals surface area contributed by atoms with Crippen molar-refractivity contribution in [3.8, 4) is 5.69 Å². The van der Waals surface area contributed by atoms with Crippen molar-refractivity contribution < 1.29 is 4.79 Å². The highest BCUT2D eigenvalue weighted by molar-refractivity contribution is 8.00. The summed E-state index contributed by atoms with van der Waals surface area (Å²) in [6.45, 7) is 3.72. The lowest BCUT2D eigenvalue weighted by Crippen LogP contribution is -2.23. The van der Waals surface area contributed by atoms with Crippen LogP contribution < -0.4 is 10.9 Å². The van der Waals surface area contributed by atoms with Gasteiger partial charge in [-0.3, -0.25) is 9.59 Å². The Kier molecular flexibility index (Phi) is 5.61. The third kappa shape index (κ3) is 4.24. The van der Waals surface area contributed by atoms with Crippen LogP contribution in [0.3, 0.4) is 0 Å². The van der Waals surface area contributed by atoms with E-state index in [0.29, 0.717) is 26.9 Å². The zero-order valence-electron chi connectivity index (χ0n) is 16.2. The summed E-state index contributed by atoms with van der Waals surface area (Å²) >= 11 is 7.25. The first-order valence-electron chi connectivity index (χ1n) is 9.19. The molecule has 0 spiro atoms. The van der Waals surface area contributed by atoms with E-state index in [2.05, 4.69) is 20.4 Å². The molecule has 2 aromatic heterocycles. The second-order valence-corrected chi connectivity index (χ2v) is 8.53. The Hall–Kier alpha value is -3.10. The van der Waals surface area contributed by atoms with Crippen LogP contribution in [0, 0.1) is 6.92 Å². The minimum absolute atomic E-state index is 0.184. The number of rotatable bonds is 5. The molecule has 4 rings (SSSR count). The molecular weight excluding hydrogens is 422 g/mol. The highest BCUT2D eigenvalue weighted by atomic mass is 35.5. The number of halogens is 1. The number of aromatic amines is 1. The number of carbonyl (C=O) groups excluding carboxylic acids is 1. The molecule has 0 bridgehead atoms. The summed E-state index contributed by atoms with van der Waals surface area (Å²) in [5.41, 5.74) is 2.55. The quantitative estimate of drug-likeness (QED) is 0.359. The summed E-state index contributed by atoms with van der Waals surface area (Å²) in [4.78, 5) is 32.3. The molecule has 1 atom stereocenters. The Morgan fingerprint density at radius 1 is 1.23 bits per heavy atom. The van der Waals surface area contributed by atoms with E-state index in [1.165, 1.54) is 18.0 Å². The molecule has 7 nitrogen and oxygen atoms in total. The summed E-state index contributed by atoms with van der Waals surface area (Å²) in [5, 5.41) is 7.92. The number of aryl methyl sites for hydroxylation is 1. The number of nitrogens with zero attached hydrogens (tertiary/aromatic N) is 3. The molecule has 9 heteroatoms. The number of benzene rings is 2. The van der Waals surface area contributed by atoms with Crippen molar-refractivity contribution in [3.63, 3.8) is 0 Å². The minimum Gasteiger partial charge on any atom is -0.325 e. The number of hydrogen-bond acceptors (Lipinski definition) is 5. The van der Waals surface area contributed by atoms with E-state index in [4.69, 9.17) is 11.6 Å². The van der Waals surface area contributed by atoms with E-state index in [-0.39, 0.29) is 11.5 Å². The second-order valence-electron chi connectivity index (χ2n) is 6.76. The molecule has 2 heterocycles. The van der Waals surface area contributed by atoms with Crippen molar-refractivity contribution in [1.82, 2.24) is 19.7 Å². The van der Waals surface area contributed by atoms with Crippen LogP contribution in [0.2, 0.25) is 5.02 Å². The molecule has 0 saturated heterocycles. The maximum Gasteiger partial charge on any atom is 0.262 e. The number of aromatic nitrogens is 4. The Labute approximate surface area is 181 Å². The number of fused-ring (bicyclic) bond motifs is 1. The van der Waals surface area contributed by atoms with Gasteiger partial charge in [-0.25, -0.2) is 9.67 Å². The average Bonchev–Trinajstić information content (AvgIpc) is 3.12. The van der Waals surface area contributed by atoms with Crippen LogP contribution in [0.15, 0.2) is 64.7 Å². The Balaban J connectivity index is 1.60. The van der Waals surface area contributed by atoms with Gasteiger partial charge < -0.3 is 10.3 Å². The largest absolute Gasteiger partial charge is 0.325 e. The van der Waals surface area contributed by atoms with E-state index in [1.807, 2.05) is 37.3 Å². The number of carbonyl (C=O) groups is 1. The second kappa shape index (κ2) is 8.33. The maximum atomic E-state index is 12.6. The van der Waals surface area contributed by atoms with E-state index in [9.17, 15) is 9.59 Å². The van der Waals surface area contributed by atoms with Crippen LogP contribution in [0.25, 0.3) is 16.7 Å². The third-order valence-electron chi connectivity index (χ3n) is 4.41. The fraction of sp³-hybridized carbons (Fsp3) is 0.143. The predicted octanol–water partition coefficient (Wildman–Crippen LogP) is 4.19. The third-order valence-corrected chi connectivity index (χ3v) is 5.63. The summed E-state index contributed by atoms with van der Waals surface area (Å²) < 4.78 is 1.55. The lowest BCUT2D eigenvalue weighted by atomic mass is 10.2. The number of nitrogens with one attached hydrogen (secondary N) is 2. The molecule has 0 aliphatic carbocycles. The van der Waals surface area contributed by atoms with Crippen molar-refractivity contribution in [2.45, 2.75) is 24.3 Å². The topological polar surface area (TPSA) is 92.7 Å². The molecule has 152 valence electrons. The van der Waals surface area contributed by atoms with Gasteiger partial charge in [-0.2, -0.15) is 5.10 Å². The molecule has 1 amide bonds. The van der Waals surface area contributed by atoms with E-state index in [0.717, 1.165) is 11.3 Å². The first kappa shape index (κ1) is 20.2. The number of hydrogen-bond donors (Lipinski definition) is 2. The number of thioether (sulfide) groups is 1. The van der Waals surface area contributed by atoms with Crippen LogP contribution in [0.1, 0.15) is 12.5 Å². The molecule has 2 N–H and O–H groups in total. The molecule has 0 radical (unpaired) electrons. The fourth-order valence-corrected chi connectivity index (χ4v) is 3.91. The zero-order valence-corrected chi connectivity index (χ0v) is 17.8. The lowest BCUT2D eigenvalue weighted by Gasteiger charge is -2.12. The van der Waals surface area contributed by atoms with Gasteiger partial charge in [-0.15, -0.1) is 0 Å². The van der Waals surface area contributed by atoms with Gasteiger partial charge in [0.05, 0.1) is 17.1 Å². The van der Waals surface area contributed by atoms with E-state index in [1.54, 1.807) is 29.8 Å². The molecule has 0 unspecified atom stereocenters. The maximum absolute atomic E-state index is 12.6. The molecule has 0 aliphatic heterocycles. The summed E-state index contributed by atoms with van der Waals surface area (Å²) in [7, 11) is 0. The molecule has 0 fully saturated rings. The average molecular weight is 440 g/mol. The van der Waals surface area contributed by atoms with Gasteiger partial charge in [-0.05, 0) is 49.7 Å². The van der Waals surface area contributed by atoms with Gasteiger partial charge in [-0.1, -0.05) is 41.6 Å². The van der Waals surface area contributed by atoms with Crippen LogP contribution in [0.5, 0.6) is 0 Å². The zero-order chi connectivity index (χ0) is 21.3. The highest BCUT2D eigenvalue weighted by Gasteiger charge is 2.18. The number of amides is 1. The van der Waals surface area contributed by atoms with Crippen LogP contribution >= 0.6 is 23.4 Å². The van der Waals surface area contributed by atoms with Crippen molar-refractivity contribution >= 4 is 46.0 Å². The molecule has 4 aromatic rings. The summed E-state index contributed by atoms with van der Waals surface area (Å²) in [6.07, 6.45) is 1.46.